The van der Waals surface area contributed by atoms with E-state index in [9.17, 15) is 15.2 Å². The van der Waals surface area contributed by atoms with E-state index in [1.165, 1.54) is 6.07 Å². The predicted molar refractivity (Wildman–Crippen MR) is 64.4 cm³/mol. The molecule has 0 fully saturated rings. The van der Waals surface area contributed by atoms with Crippen LogP contribution in [0, 0.1) is 24.0 Å². The van der Waals surface area contributed by atoms with Gasteiger partial charge in [-0.25, -0.2) is 0 Å². The van der Waals surface area contributed by atoms with E-state index in [0.717, 1.165) is 5.56 Å². The second-order valence-corrected chi connectivity index (χ2v) is 4.71. The Morgan fingerprint density at radius 2 is 2.00 bits per heavy atom. The number of rotatable bonds is 4. The third-order valence-electron chi connectivity index (χ3n) is 2.34. The average Bonchev–Trinajstić information content (AvgIpc) is 2.14. The Bertz CT molecular complexity index is 435. The summed E-state index contributed by atoms with van der Waals surface area (Å²) in [6, 6.07) is 3.10. The summed E-state index contributed by atoms with van der Waals surface area (Å²) in [5, 5.41) is 20.4. The van der Waals surface area contributed by atoms with Crippen molar-refractivity contribution in [2.24, 2.45) is 0 Å². The Morgan fingerprint density at radius 3 is 2.47 bits per heavy atom. The maximum absolute atomic E-state index is 10.8. The Kier molecular flexibility index (Phi) is 3.72. The van der Waals surface area contributed by atoms with E-state index in [4.69, 9.17) is 4.74 Å². The first kappa shape index (κ1) is 13.4. The van der Waals surface area contributed by atoms with Gasteiger partial charge in [-0.15, -0.1) is 0 Å². The maximum Gasteiger partial charge on any atom is 0.276 e. The zero-order chi connectivity index (χ0) is 13.2. The van der Waals surface area contributed by atoms with Gasteiger partial charge in [0.05, 0.1) is 16.1 Å². The second-order valence-electron chi connectivity index (χ2n) is 4.71. The summed E-state index contributed by atoms with van der Waals surface area (Å²) in [7, 11) is 0. The molecule has 5 heteroatoms. The first-order valence-electron chi connectivity index (χ1n) is 5.32. The number of nitrogens with zero attached hydrogens (tertiary/aromatic N) is 1. The highest BCUT2D eigenvalue weighted by molar-refractivity contribution is 5.52. The molecule has 1 aromatic rings. The van der Waals surface area contributed by atoms with Gasteiger partial charge < -0.3 is 9.84 Å². The van der Waals surface area contributed by atoms with Crippen molar-refractivity contribution in [1.82, 2.24) is 0 Å². The van der Waals surface area contributed by atoms with Gasteiger partial charge in [-0.2, -0.15) is 0 Å². The van der Waals surface area contributed by atoms with Crippen molar-refractivity contribution in [1.29, 1.82) is 0 Å². The highest BCUT2D eigenvalue weighted by atomic mass is 16.6. The molecular weight excluding hydrogens is 222 g/mol. The lowest BCUT2D eigenvalue weighted by molar-refractivity contribution is -0.385. The van der Waals surface area contributed by atoms with Crippen LogP contribution >= 0.6 is 0 Å². The third-order valence-corrected chi connectivity index (χ3v) is 2.34. The molecule has 0 aliphatic rings. The average molecular weight is 239 g/mol. The maximum atomic E-state index is 10.8. The van der Waals surface area contributed by atoms with Crippen LogP contribution in [0.3, 0.4) is 0 Å². The van der Waals surface area contributed by atoms with Gasteiger partial charge >= 0.3 is 0 Å². The third kappa shape index (κ3) is 3.42. The van der Waals surface area contributed by atoms with Crippen LogP contribution in [0.2, 0.25) is 0 Å². The molecule has 1 aromatic carbocycles. The monoisotopic (exact) mass is 239 g/mol. The summed E-state index contributed by atoms with van der Waals surface area (Å²) < 4.78 is 5.47. The molecule has 0 spiro atoms. The van der Waals surface area contributed by atoms with E-state index >= 15 is 0 Å². The minimum Gasteiger partial charge on any atom is -0.490 e. The number of ether oxygens (including phenoxy) is 1. The molecule has 1 rings (SSSR count). The van der Waals surface area contributed by atoms with Crippen LogP contribution in [-0.2, 0) is 0 Å². The van der Waals surface area contributed by atoms with Crippen LogP contribution in [0.4, 0.5) is 5.69 Å². The van der Waals surface area contributed by atoms with Gasteiger partial charge in [-0.05, 0) is 39.3 Å². The molecule has 0 saturated heterocycles. The molecule has 0 aliphatic carbocycles. The molecule has 0 aromatic heterocycles. The van der Waals surface area contributed by atoms with Gasteiger partial charge in [0.2, 0.25) is 0 Å². The van der Waals surface area contributed by atoms with Crippen molar-refractivity contribution in [3.8, 4) is 5.75 Å². The minimum atomic E-state index is -0.969. The fourth-order valence-electron chi connectivity index (χ4n) is 1.49. The summed E-state index contributed by atoms with van der Waals surface area (Å²) in [6.07, 6.45) is 0. The van der Waals surface area contributed by atoms with Crippen LogP contribution in [0.25, 0.3) is 0 Å². The lowest BCUT2D eigenvalue weighted by Gasteiger charge is -2.19. The topological polar surface area (TPSA) is 72.6 Å². The fraction of sp³-hybridized carbons (Fsp3) is 0.500. The Labute approximate surface area is 100 Å². The molecule has 17 heavy (non-hydrogen) atoms. The quantitative estimate of drug-likeness (QED) is 0.646. The number of aliphatic hydroxyl groups is 1. The van der Waals surface area contributed by atoms with E-state index in [1.54, 1.807) is 26.8 Å². The zero-order valence-electron chi connectivity index (χ0n) is 10.5. The molecule has 0 unspecified atom stereocenters. The van der Waals surface area contributed by atoms with Gasteiger partial charge in [-0.3, -0.25) is 10.1 Å². The molecule has 94 valence electrons. The zero-order valence-corrected chi connectivity index (χ0v) is 10.5. The molecule has 0 aliphatic heterocycles. The molecule has 0 heterocycles. The molecule has 0 radical (unpaired) electrons. The molecule has 5 nitrogen and oxygen atoms in total. The van der Waals surface area contributed by atoms with Crippen molar-refractivity contribution in [3.63, 3.8) is 0 Å². The van der Waals surface area contributed by atoms with Crippen molar-refractivity contribution in [2.45, 2.75) is 33.3 Å². The number of nitro groups is 1. The minimum absolute atomic E-state index is 0.0290. The van der Waals surface area contributed by atoms with Crippen LogP contribution in [0.15, 0.2) is 12.1 Å². The first-order valence-corrected chi connectivity index (χ1v) is 5.32. The fourth-order valence-corrected chi connectivity index (χ4v) is 1.49. The highest BCUT2D eigenvalue weighted by Crippen LogP contribution is 2.31. The lowest BCUT2D eigenvalue weighted by Crippen LogP contribution is -2.28. The normalized spacial score (nSPS) is 11.4. The van der Waals surface area contributed by atoms with Gasteiger partial charge in [0.1, 0.15) is 12.4 Å². The van der Waals surface area contributed by atoms with Gasteiger partial charge in [-0.1, -0.05) is 0 Å². The van der Waals surface area contributed by atoms with E-state index in [1.807, 2.05) is 6.92 Å². The van der Waals surface area contributed by atoms with Crippen molar-refractivity contribution in [3.05, 3.63) is 33.4 Å². The standard InChI is InChI=1S/C12H17NO4/c1-8-5-6-10(13(15)16)9(2)11(8)17-7-12(3,4)14/h5-6,14H,7H2,1-4H3. The summed E-state index contributed by atoms with van der Waals surface area (Å²) in [6.45, 7) is 6.79. The summed E-state index contributed by atoms with van der Waals surface area (Å²) >= 11 is 0. The summed E-state index contributed by atoms with van der Waals surface area (Å²) in [5.74, 6) is 0.473. The summed E-state index contributed by atoms with van der Waals surface area (Å²) in [4.78, 5) is 10.3. The van der Waals surface area contributed by atoms with Crippen molar-refractivity contribution < 1.29 is 14.8 Å². The molecular formula is C12H17NO4. The van der Waals surface area contributed by atoms with E-state index in [0.29, 0.717) is 11.3 Å². The van der Waals surface area contributed by atoms with Gasteiger partial charge in [0.25, 0.3) is 5.69 Å². The second kappa shape index (κ2) is 4.71. The number of hydrogen-bond acceptors (Lipinski definition) is 4. The number of aryl methyl sites for hydroxylation is 1. The Morgan fingerprint density at radius 1 is 1.41 bits per heavy atom. The van der Waals surface area contributed by atoms with Crippen LogP contribution in [-0.4, -0.2) is 22.2 Å². The number of hydrogen-bond donors (Lipinski definition) is 1. The van der Waals surface area contributed by atoms with Gasteiger partial charge in [0.15, 0.2) is 0 Å². The molecule has 0 atom stereocenters. The van der Waals surface area contributed by atoms with Crippen LogP contribution in [0.1, 0.15) is 25.0 Å². The van der Waals surface area contributed by atoms with Crippen molar-refractivity contribution >= 4 is 5.69 Å². The van der Waals surface area contributed by atoms with Crippen LogP contribution in [0.5, 0.6) is 5.75 Å². The number of nitro benzene ring substituents is 1. The smallest absolute Gasteiger partial charge is 0.276 e. The van der Waals surface area contributed by atoms with Crippen molar-refractivity contribution in [2.75, 3.05) is 6.61 Å². The van der Waals surface area contributed by atoms with E-state index in [2.05, 4.69) is 0 Å². The van der Waals surface area contributed by atoms with Gasteiger partial charge in [0, 0.05) is 6.07 Å². The first-order chi connectivity index (χ1) is 7.72. The molecule has 1 N–H and O–H groups in total. The van der Waals surface area contributed by atoms with E-state index < -0.39 is 10.5 Å². The summed E-state index contributed by atoms with van der Waals surface area (Å²) in [5.41, 5.74) is 0.363. The molecule has 0 bridgehead atoms. The SMILES string of the molecule is Cc1ccc([N+](=O)[O-])c(C)c1OCC(C)(C)O. The Hall–Kier alpha value is -1.62. The lowest BCUT2D eigenvalue weighted by atomic mass is 10.1. The highest BCUT2D eigenvalue weighted by Gasteiger charge is 2.19. The van der Waals surface area contributed by atoms with Crippen LogP contribution < -0.4 is 4.74 Å². The predicted octanol–water partition coefficient (Wildman–Crippen LogP) is 2.36. The largest absolute Gasteiger partial charge is 0.490 e. The molecule has 0 saturated carbocycles. The molecule has 0 amide bonds. The number of benzene rings is 1. The van der Waals surface area contributed by atoms with E-state index in [-0.39, 0.29) is 12.3 Å². The Balaban J connectivity index is 3.06.